The van der Waals surface area contributed by atoms with Gasteiger partial charge in [0.25, 0.3) is 0 Å². The highest BCUT2D eigenvalue weighted by atomic mass is 31.2. The van der Waals surface area contributed by atoms with E-state index in [9.17, 15) is 43.2 Å². The minimum Gasteiger partial charge on any atom is -0.462 e. The third kappa shape index (κ3) is 80.1. The molecular weight excluding hydrogens is 1380 g/mol. The maximum atomic E-state index is 13.2. The Balaban J connectivity index is 5.20. The molecule has 0 aromatic heterocycles. The molecule has 0 rings (SSSR count). The maximum absolute atomic E-state index is 13.2. The molecule has 0 aliphatic rings. The number of carbonyl (C=O) groups excluding carboxylic acids is 4. The molecule has 0 aromatic rings. The maximum Gasteiger partial charge on any atom is 0.472 e. The van der Waals surface area contributed by atoms with Crippen LogP contribution in [0.3, 0.4) is 0 Å². The summed E-state index contributed by atoms with van der Waals surface area (Å²) in [6.45, 7) is 7.38. The molecule has 0 aromatic carbocycles. The zero-order valence-electron chi connectivity index (χ0n) is 69.6. The highest BCUT2D eigenvalue weighted by molar-refractivity contribution is 7.47. The van der Waals surface area contributed by atoms with Gasteiger partial charge in [-0.3, -0.25) is 37.3 Å². The number of hydrogen-bond acceptors (Lipinski definition) is 15. The van der Waals surface area contributed by atoms with Gasteiger partial charge in [-0.15, -0.1) is 0 Å². The Hall–Kier alpha value is -1.94. The summed E-state index contributed by atoms with van der Waals surface area (Å²) in [5.74, 6) is -1.29. The number of hydrogen-bond donors (Lipinski definition) is 3. The standard InChI is InChI=1S/C87H170O17P2/c1-6-9-12-15-18-21-23-25-27-29-30-31-32-33-35-39-44-48-53-58-63-68-73-87(92)104-83(77-98-85(90)71-66-61-56-51-46-42-40-36-37-41-45-50-54-59-64-69-80(4)5)79-102-106(95,96)100-75-81(88)74-99-105(93,94)101-78-82(76-97-84(89)70-65-60-55-49-20-17-14-11-8-3)103-86(91)72-67-62-57-52-47-43-38-34-28-26-24-22-19-16-13-10-7-2/h80-83,88H,6-79H2,1-5H3,(H,93,94)(H,95,96)/t81-,82+,83+/m0/s1. The van der Waals surface area contributed by atoms with Crippen LogP contribution in [0.4, 0.5) is 0 Å². The molecule has 0 fully saturated rings. The minimum absolute atomic E-state index is 0.109. The van der Waals surface area contributed by atoms with Gasteiger partial charge in [0.15, 0.2) is 12.2 Å². The van der Waals surface area contributed by atoms with Gasteiger partial charge >= 0.3 is 39.5 Å². The Morgan fingerprint density at radius 2 is 0.434 bits per heavy atom. The van der Waals surface area contributed by atoms with Crippen LogP contribution in [-0.2, 0) is 65.4 Å². The van der Waals surface area contributed by atoms with Gasteiger partial charge in [0.05, 0.1) is 26.4 Å². The number of carbonyl (C=O) groups is 4. The monoisotopic (exact) mass is 1550 g/mol. The second kappa shape index (κ2) is 79.7. The molecule has 0 saturated carbocycles. The molecule has 0 amide bonds. The molecule has 106 heavy (non-hydrogen) atoms. The van der Waals surface area contributed by atoms with Gasteiger partial charge in [0.2, 0.25) is 0 Å². The molecule has 5 atom stereocenters. The first-order valence-electron chi connectivity index (χ1n) is 45.1. The normalized spacial score (nSPS) is 13.7. The SMILES string of the molecule is CCCCCCCCCCCCCCCCCCCCCCCCC(=O)O[C@H](COC(=O)CCCCCCCCCCCCCCCCCC(C)C)COP(=O)(O)OC[C@@H](O)COP(=O)(O)OC[C@@H](COC(=O)CCCCCCCCCCC)OC(=O)CCCCCCCCCCCCCCCCCCC. The summed E-state index contributed by atoms with van der Waals surface area (Å²) in [5, 5.41) is 10.7. The second-order valence-corrected chi connectivity index (χ2v) is 34.7. The lowest BCUT2D eigenvalue weighted by molar-refractivity contribution is -0.161. The fraction of sp³-hybridized carbons (Fsp3) is 0.954. The third-order valence-electron chi connectivity index (χ3n) is 20.5. The lowest BCUT2D eigenvalue weighted by atomic mass is 10.0. The fourth-order valence-electron chi connectivity index (χ4n) is 13.6. The van der Waals surface area contributed by atoms with Crippen molar-refractivity contribution in [2.75, 3.05) is 39.6 Å². The van der Waals surface area contributed by atoms with Crippen molar-refractivity contribution in [2.45, 2.75) is 490 Å². The largest absolute Gasteiger partial charge is 0.472 e. The first-order chi connectivity index (χ1) is 51.5. The minimum atomic E-state index is -4.97. The Morgan fingerprint density at radius 3 is 0.642 bits per heavy atom. The Kier molecular flexibility index (Phi) is 78.2. The van der Waals surface area contributed by atoms with Crippen LogP contribution < -0.4 is 0 Å². The number of phosphoric acid groups is 2. The van der Waals surface area contributed by atoms with Crippen molar-refractivity contribution in [3.63, 3.8) is 0 Å². The zero-order valence-corrected chi connectivity index (χ0v) is 71.4. The van der Waals surface area contributed by atoms with Crippen LogP contribution in [0, 0.1) is 5.92 Å². The number of rotatable bonds is 87. The average molecular weight is 1550 g/mol. The summed E-state index contributed by atoms with van der Waals surface area (Å²) in [6.07, 6.45) is 73.7. The quantitative estimate of drug-likeness (QED) is 0.0222. The second-order valence-electron chi connectivity index (χ2n) is 31.8. The Bertz CT molecular complexity index is 2010. The number of ether oxygens (including phenoxy) is 4. The predicted octanol–water partition coefficient (Wildman–Crippen LogP) is 26.8. The van der Waals surface area contributed by atoms with Crippen LogP contribution in [0.15, 0.2) is 0 Å². The Labute approximate surface area is 651 Å². The number of esters is 4. The van der Waals surface area contributed by atoms with Crippen molar-refractivity contribution in [1.29, 1.82) is 0 Å². The van der Waals surface area contributed by atoms with Crippen LogP contribution in [0.2, 0.25) is 0 Å². The summed E-state index contributed by atoms with van der Waals surface area (Å²) in [7, 11) is -9.93. The molecule has 17 nitrogen and oxygen atoms in total. The number of aliphatic hydroxyl groups is 1. The molecule has 2 unspecified atom stereocenters. The van der Waals surface area contributed by atoms with Gasteiger partial charge in [-0.25, -0.2) is 9.13 Å². The van der Waals surface area contributed by atoms with E-state index in [1.807, 2.05) is 0 Å². The van der Waals surface area contributed by atoms with Gasteiger partial charge < -0.3 is 33.8 Å². The molecule has 0 aliphatic heterocycles. The van der Waals surface area contributed by atoms with Crippen molar-refractivity contribution in [3.05, 3.63) is 0 Å². The van der Waals surface area contributed by atoms with Crippen LogP contribution in [-0.4, -0.2) is 96.7 Å². The number of aliphatic hydroxyl groups excluding tert-OH is 1. The first kappa shape index (κ1) is 104. The van der Waals surface area contributed by atoms with E-state index in [-0.39, 0.29) is 25.7 Å². The molecule has 630 valence electrons. The van der Waals surface area contributed by atoms with Crippen LogP contribution in [0.1, 0.15) is 471 Å². The molecule has 0 bridgehead atoms. The molecule has 0 radical (unpaired) electrons. The highest BCUT2D eigenvalue weighted by Crippen LogP contribution is 2.45. The van der Waals surface area contributed by atoms with E-state index in [4.69, 9.17) is 37.0 Å². The van der Waals surface area contributed by atoms with Gasteiger partial charge in [0, 0.05) is 25.7 Å². The van der Waals surface area contributed by atoms with E-state index < -0.39 is 97.5 Å². The van der Waals surface area contributed by atoms with Gasteiger partial charge in [-0.2, -0.15) is 0 Å². The summed E-state index contributed by atoms with van der Waals surface area (Å²) >= 11 is 0. The molecule has 0 heterocycles. The lowest BCUT2D eigenvalue weighted by Gasteiger charge is -2.21. The van der Waals surface area contributed by atoms with Gasteiger partial charge in [-0.05, 0) is 31.6 Å². The Morgan fingerprint density at radius 1 is 0.255 bits per heavy atom. The van der Waals surface area contributed by atoms with Crippen LogP contribution in [0.5, 0.6) is 0 Å². The summed E-state index contributed by atoms with van der Waals surface area (Å²) in [4.78, 5) is 73.2. The third-order valence-corrected chi connectivity index (χ3v) is 22.4. The van der Waals surface area contributed by atoms with E-state index in [2.05, 4.69) is 34.6 Å². The van der Waals surface area contributed by atoms with Crippen molar-refractivity contribution >= 4 is 39.5 Å². The average Bonchev–Trinajstić information content (AvgIpc) is 0.904. The predicted molar refractivity (Wildman–Crippen MR) is 437 cm³/mol. The van der Waals surface area contributed by atoms with Gasteiger partial charge in [-0.1, -0.05) is 420 Å². The van der Waals surface area contributed by atoms with E-state index in [0.717, 1.165) is 95.8 Å². The highest BCUT2D eigenvalue weighted by Gasteiger charge is 2.30. The van der Waals surface area contributed by atoms with Crippen LogP contribution >= 0.6 is 15.6 Å². The van der Waals surface area contributed by atoms with Crippen molar-refractivity contribution in [1.82, 2.24) is 0 Å². The van der Waals surface area contributed by atoms with E-state index in [0.29, 0.717) is 25.7 Å². The van der Waals surface area contributed by atoms with E-state index in [1.54, 1.807) is 0 Å². The molecule has 3 N–H and O–H groups in total. The van der Waals surface area contributed by atoms with E-state index in [1.165, 1.54) is 295 Å². The van der Waals surface area contributed by atoms with Crippen molar-refractivity contribution in [3.8, 4) is 0 Å². The smallest absolute Gasteiger partial charge is 0.462 e. The summed E-state index contributed by atoms with van der Waals surface area (Å²) < 4.78 is 68.9. The molecule has 0 saturated heterocycles. The van der Waals surface area contributed by atoms with Crippen molar-refractivity contribution < 1.29 is 80.2 Å². The van der Waals surface area contributed by atoms with Gasteiger partial charge in [0.1, 0.15) is 19.3 Å². The molecule has 0 aliphatic carbocycles. The number of unbranched alkanes of at least 4 members (excludes halogenated alkanes) is 59. The molecular formula is C87H170O17P2. The first-order valence-corrected chi connectivity index (χ1v) is 48.1. The zero-order chi connectivity index (χ0) is 77.6. The van der Waals surface area contributed by atoms with E-state index >= 15 is 0 Å². The molecule has 19 heteroatoms. The van der Waals surface area contributed by atoms with Crippen LogP contribution in [0.25, 0.3) is 0 Å². The molecule has 0 spiro atoms. The summed E-state index contributed by atoms with van der Waals surface area (Å²) in [5.41, 5.74) is 0. The lowest BCUT2D eigenvalue weighted by Crippen LogP contribution is -2.30. The summed E-state index contributed by atoms with van der Waals surface area (Å²) in [6, 6.07) is 0. The fourth-order valence-corrected chi connectivity index (χ4v) is 15.2. The topological polar surface area (TPSA) is 237 Å². The van der Waals surface area contributed by atoms with Crippen molar-refractivity contribution in [2.24, 2.45) is 5.92 Å². The number of phosphoric ester groups is 2.